The third-order valence-corrected chi connectivity index (χ3v) is 4.23. The molecule has 1 aromatic carbocycles. The second-order valence-electron chi connectivity index (χ2n) is 4.80. The van der Waals surface area contributed by atoms with Crippen LogP contribution in [0.4, 0.5) is 8.78 Å². The average molecular weight is 316 g/mol. The van der Waals surface area contributed by atoms with Crippen molar-refractivity contribution in [2.24, 2.45) is 0 Å². The minimum atomic E-state index is -2.82. The Kier molecular flexibility index (Phi) is 5.81. The summed E-state index contributed by atoms with van der Waals surface area (Å²) in [4.78, 5) is 13.9. The molecule has 1 fully saturated rings. The van der Waals surface area contributed by atoms with Gasteiger partial charge in [-0.25, -0.2) is 0 Å². The molecule has 1 heterocycles. The van der Waals surface area contributed by atoms with Crippen LogP contribution in [0.25, 0.3) is 0 Å². The van der Waals surface area contributed by atoms with E-state index in [1.165, 1.54) is 12.1 Å². The molecule has 1 saturated heterocycles. The summed E-state index contributed by atoms with van der Waals surface area (Å²) in [5.74, 6) is 1.98. The standard InChI is InChI=1S/C14H18F2N2O2S/c1-18(13(19)12-9-21-7-6-17-12)8-10-2-4-11(5-3-10)20-14(15)16/h2-5,12,14,17H,6-9H2,1H3. The Labute approximate surface area is 126 Å². The van der Waals surface area contributed by atoms with Gasteiger partial charge in [-0.15, -0.1) is 0 Å². The smallest absolute Gasteiger partial charge is 0.387 e. The lowest BCUT2D eigenvalue weighted by molar-refractivity contribution is -0.132. The Hall–Kier alpha value is -1.34. The Morgan fingerprint density at radius 2 is 2.19 bits per heavy atom. The monoisotopic (exact) mass is 316 g/mol. The molecule has 0 aliphatic carbocycles. The molecule has 0 saturated carbocycles. The Bertz CT molecular complexity index is 465. The van der Waals surface area contributed by atoms with Gasteiger partial charge in [0.1, 0.15) is 5.75 Å². The highest BCUT2D eigenvalue weighted by molar-refractivity contribution is 7.99. The number of hydrogen-bond acceptors (Lipinski definition) is 4. The third kappa shape index (κ3) is 4.86. The molecule has 1 unspecified atom stereocenters. The number of thioether (sulfide) groups is 1. The number of rotatable bonds is 5. The minimum absolute atomic E-state index is 0.0510. The van der Waals surface area contributed by atoms with E-state index < -0.39 is 6.61 Å². The summed E-state index contributed by atoms with van der Waals surface area (Å²) in [5, 5.41) is 3.20. The molecule has 1 amide bonds. The van der Waals surface area contributed by atoms with Gasteiger partial charge in [0.2, 0.25) is 5.91 Å². The fraction of sp³-hybridized carbons (Fsp3) is 0.500. The molecule has 0 bridgehead atoms. The zero-order valence-corrected chi connectivity index (χ0v) is 12.5. The van der Waals surface area contributed by atoms with Crippen molar-refractivity contribution >= 4 is 17.7 Å². The van der Waals surface area contributed by atoms with Crippen molar-refractivity contribution in [3.63, 3.8) is 0 Å². The second-order valence-corrected chi connectivity index (χ2v) is 5.95. The lowest BCUT2D eigenvalue weighted by Crippen LogP contribution is -2.49. The maximum atomic E-state index is 12.2. The summed E-state index contributed by atoms with van der Waals surface area (Å²) in [6, 6.07) is 6.19. The molecule has 0 radical (unpaired) electrons. The number of nitrogens with one attached hydrogen (secondary N) is 1. The fourth-order valence-corrected chi connectivity index (χ4v) is 3.04. The van der Waals surface area contributed by atoms with E-state index in [-0.39, 0.29) is 17.7 Å². The molecular weight excluding hydrogens is 298 g/mol. The van der Waals surface area contributed by atoms with E-state index in [2.05, 4.69) is 10.1 Å². The molecule has 1 N–H and O–H groups in total. The van der Waals surface area contributed by atoms with E-state index in [0.29, 0.717) is 6.54 Å². The van der Waals surface area contributed by atoms with E-state index in [4.69, 9.17) is 0 Å². The Morgan fingerprint density at radius 1 is 1.48 bits per heavy atom. The van der Waals surface area contributed by atoms with Gasteiger partial charge in [0.25, 0.3) is 0 Å². The molecule has 21 heavy (non-hydrogen) atoms. The van der Waals surface area contributed by atoms with E-state index in [0.717, 1.165) is 23.6 Å². The van der Waals surface area contributed by atoms with Crippen LogP contribution < -0.4 is 10.1 Å². The summed E-state index contributed by atoms with van der Waals surface area (Å²) >= 11 is 1.77. The Morgan fingerprint density at radius 3 is 2.76 bits per heavy atom. The number of alkyl halides is 2. The molecule has 1 aliphatic heterocycles. The predicted molar refractivity (Wildman–Crippen MR) is 78.7 cm³/mol. The fourth-order valence-electron chi connectivity index (χ4n) is 2.12. The van der Waals surface area contributed by atoms with Gasteiger partial charge in [-0.1, -0.05) is 12.1 Å². The number of carbonyl (C=O) groups excluding carboxylic acids is 1. The first-order valence-corrected chi connectivity index (χ1v) is 7.81. The molecular formula is C14H18F2N2O2S. The molecule has 4 nitrogen and oxygen atoms in total. The Balaban J connectivity index is 1.89. The maximum absolute atomic E-state index is 12.2. The van der Waals surface area contributed by atoms with E-state index in [1.54, 1.807) is 35.8 Å². The van der Waals surface area contributed by atoms with Gasteiger partial charge >= 0.3 is 6.61 Å². The normalized spacial score (nSPS) is 18.6. The van der Waals surface area contributed by atoms with Gasteiger partial charge in [0.05, 0.1) is 6.04 Å². The number of amides is 1. The molecule has 7 heteroatoms. The zero-order valence-electron chi connectivity index (χ0n) is 11.7. The van der Waals surface area contributed by atoms with Crippen LogP contribution in [0.2, 0.25) is 0 Å². The molecule has 0 aromatic heterocycles. The van der Waals surface area contributed by atoms with Crippen molar-refractivity contribution in [2.45, 2.75) is 19.2 Å². The zero-order chi connectivity index (χ0) is 15.2. The van der Waals surface area contributed by atoms with Crippen LogP contribution >= 0.6 is 11.8 Å². The van der Waals surface area contributed by atoms with Crippen molar-refractivity contribution in [1.82, 2.24) is 10.2 Å². The maximum Gasteiger partial charge on any atom is 0.387 e. The second kappa shape index (κ2) is 7.61. The lowest BCUT2D eigenvalue weighted by Gasteiger charge is -2.27. The first-order chi connectivity index (χ1) is 10.1. The average Bonchev–Trinajstić information content (AvgIpc) is 2.49. The largest absolute Gasteiger partial charge is 0.435 e. The molecule has 116 valence electrons. The van der Waals surface area contributed by atoms with Crippen molar-refractivity contribution in [1.29, 1.82) is 0 Å². The van der Waals surface area contributed by atoms with Crippen molar-refractivity contribution < 1.29 is 18.3 Å². The van der Waals surface area contributed by atoms with Crippen LogP contribution in [0.1, 0.15) is 5.56 Å². The minimum Gasteiger partial charge on any atom is -0.435 e. The molecule has 0 spiro atoms. The molecule has 1 atom stereocenters. The summed E-state index contributed by atoms with van der Waals surface area (Å²) in [6.07, 6.45) is 0. The number of ether oxygens (including phenoxy) is 1. The number of hydrogen-bond donors (Lipinski definition) is 1. The SMILES string of the molecule is CN(Cc1ccc(OC(F)F)cc1)C(=O)C1CSCCN1. The summed E-state index contributed by atoms with van der Waals surface area (Å²) in [6.45, 7) is -1.54. The first-order valence-electron chi connectivity index (χ1n) is 6.66. The van der Waals surface area contributed by atoms with Gasteiger partial charge < -0.3 is 15.0 Å². The first kappa shape index (κ1) is 16.0. The van der Waals surface area contributed by atoms with E-state index >= 15 is 0 Å². The van der Waals surface area contributed by atoms with Gasteiger partial charge in [-0.3, -0.25) is 4.79 Å². The van der Waals surface area contributed by atoms with Crippen molar-refractivity contribution in [3.8, 4) is 5.75 Å². The van der Waals surface area contributed by atoms with E-state index in [1.807, 2.05) is 0 Å². The number of halogens is 2. The summed E-state index contributed by atoms with van der Waals surface area (Å²) in [7, 11) is 1.74. The predicted octanol–water partition coefficient (Wildman–Crippen LogP) is 1.95. The number of benzene rings is 1. The van der Waals surface area contributed by atoms with Gasteiger partial charge in [0, 0.05) is 31.6 Å². The van der Waals surface area contributed by atoms with Gasteiger partial charge in [-0.2, -0.15) is 20.5 Å². The van der Waals surface area contributed by atoms with Gasteiger partial charge in [0.15, 0.2) is 0 Å². The summed E-state index contributed by atoms with van der Waals surface area (Å²) in [5.41, 5.74) is 0.871. The molecule has 1 aliphatic rings. The molecule has 1 aromatic rings. The van der Waals surface area contributed by atoms with Crippen molar-refractivity contribution in [3.05, 3.63) is 29.8 Å². The van der Waals surface area contributed by atoms with Crippen LogP contribution in [0.3, 0.4) is 0 Å². The lowest BCUT2D eigenvalue weighted by atomic mass is 10.2. The van der Waals surface area contributed by atoms with E-state index in [9.17, 15) is 13.6 Å². The van der Waals surface area contributed by atoms with Gasteiger partial charge in [-0.05, 0) is 17.7 Å². The highest BCUT2D eigenvalue weighted by Gasteiger charge is 2.23. The van der Waals surface area contributed by atoms with Crippen LogP contribution in [0.5, 0.6) is 5.75 Å². The van der Waals surface area contributed by atoms with Crippen LogP contribution in [0, 0.1) is 0 Å². The number of likely N-dealkylation sites (N-methyl/N-ethyl adjacent to an activating group) is 1. The van der Waals surface area contributed by atoms with Crippen LogP contribution in [-0.2, 0) is 11.3 Å². The quantitative estimate of drug-likeness (QED) is 0.901. The number of carbonyl (C=O) groups is 1. The van der Waals surface area contributed by atoms with Crippen molar-refractivity contribution in [2.75, 3.05) is 25.1 Å². The van der Waals surface area contributed by atoms with Crippen LogP contribution in [0.15, 0.2) is 24.3 Å². The summed E-state index contributed by atoms with van der Waals surface area (Å²) < 4.78 is 28.4. The number of nitrogens with zero attached hydrogens (tertiary/aromatic N) is 1. The molecule has 2 rings (SSSR count). The topological polar surface area (TPSA) is 41.6 Å². The third-order valence-electron chi connectivity index (χ3n) is 3.16. The van der Waals surface area contributed by atoms with Crippen LogP contribution in [-0.4, -0.2) is 48.6 Å². The highest BCUT2D eigenvalue weighted by atomic mass is 32.2. The highest BCUT2D eigenvalue weighted by Crippen LogP contribution is 2.16.